The summed E-state index contributed by atoms with van der Waals surface area (Å²) in [6.45, 7) is 5.04. The smallest absolute Gasteiger partial charge is 0.317 e. The largest absolute Gasteiger partial charge is 0.338 e. The van der Waals surface area contributed by atoms with Crippen molar-refractivity contribution >= 4 is 33.6 Å². The number of anilines is 1. The van der Waals surface area contributed by atoms with E-state index in [2.05, 4.69) is 26.6 Å². The Bertz CT molecular complexity index is 577. The number of rotatable bonds is 4. The normalized spacial score (nSPS) is 15.3. The zero-order valence-corrected chi connectivity index (χ0v) is 14.5. The van der Waals surface area contributed by atoms with E-state index in [0.29, 0.717) is 37.2 Å². The lowest BCUT2D eigenvalue weighted by molar-refractivity contribution is -0.117. The van der Waals surface area contributed by atoms with Crippen LogP contribution in [0.4, 0.5) is 14.9 Å². The molecule has 0 atom stereocenters. The highest BCUT2D eigenvalue weighted by Crippen LogP contribution is 2.19. The van der Waals surface area contributed by atoms with Gasteiger partial charge in [-0.3, -0.25) is 9.69 Å². The molecule has 0 spiro atoms. The second kappa shape index (κ2) is 8.26. The summed E-state index contributed by atoms with van der Waals surface area (Å²) in [4.78, 5) is 27.4. The van der Waals surface area contributed by atoms with Crippen molar-refractivity contribution in [1.82, 2.24) is 15.1 Å². The van der Waals surface area contributed by atoms with Gasteiger partial charge in [0.2, 0.25) is 5.91 Å². The third-order valence-electron chi connectivity index (χ3n) is 3.56. The van der Waals surface area contributed by atoms with Crippen molar-refractivity contribution in [2.24, 2.45) is 0 Å². The molecule has 2 rings (SSSR count). The Morgan fingerprint density at radius 1 is 1.26 bits per heavy atom. The Morgan fingerprint density at radius 3 is 2.57 bits per heavy atom. The Kier molecular flexibility index (Phi) is 6.35. The quantitative estimate of drug-likeness (QED) is 0.829. The van der Waals surface area contributed by atoms with Crippen molar-refractivity contribution in [1.29, 1.82) is 0 Å². The molecule has 0 bridgehead atoms. The van der Waals surface area contributed by atoms with Gasteiger partial charge in [0.05, 0.1) is 12.2 Å². The van der Waals surface area contributed by atoms with E-state index < -0.39 is 5.82 Å². The fourth-order valence-corrected chi connectivity index (χ4v) is 2.69. The highest BCUT2D eigenvalue weighted by molar-refractivity contribution is 9.10. The number of benzene rings is 1. The molecule has 1 fully saturated rings. The zero-order chi connectivity index (χ0) is 16.8. The maximum atomic E-state index is 13.7. The van der Waals surface area contributed by atoms with Crippen molar-refractivity contribution in [2.45, 2.75) is 6.92 Å². The number of hydrogen-bond donors (Lipinski definition) is 2. The average molecular weight is 387 g/mol. The van der Waals surface area contributed by atoms with Crippen molar-refractivity contribution < 1.29 is 14.0 Å². The third kappa shape index (κ3) is 5.18. The molecule has 1 saturated heterocycles. The fraction of sp³-hybridized carbons (Fsp3) is 0.467. The summed E-state index contributed by atoms with van der Waals surface area (Å²) in [5, 5.41) is 5.33. The van der Waals surface area contributed by atoms with Gasteiger partial charge in [0, 0.05) is 37.2 Å². The molecule has 6 nitrogen and oxygen atoms in total. The van der Waals surface area contributed by atoms with E-state index in [4.69, 9.17) is 0 Å². The van der Waals surface area contributed by atoms with Gasteiger partial charge in [-0.05, 0) is 25.1 Å². The predicted molar refractivity (Wildman–Crippen MR) is 89.8 cm³/mol. The van der Waals surface area contributed by atoms with Gasteiger partial charge in [-0.25, -0.2) is 9.18 Å². The Hall–Kier alpha value is -1.67. The maximum Gasteiger partial charge on any atom is 0.317 e. The van der Waals surface area contributed by atoms with Gasteiger partial charge in [-0.1, -0.05) is 15.9 Å². The number of hydrogen-bond acceptors (Lipinski definition) is 3. The van der Waals surface area contributed by atoms with Crippen LogP contribution in [0.25, 0.3) is 0 Å². The van der Waals surface area contributed by atoms with E-state index >= 15 is 0 Å². The molecule has 8 heteroatoms. The van der Waals surface area contributed by atoms with Crippen LogP contribution in [-0.2, 0) is 4.79 Å². The summed E-state index contributed by atoms with van der Waals surface area (Å²) in [7, 11) is 0. The van der Waals surface area contributed by atoms with E-state index in [9.17, 15) is 14.0 Å². The molecule has 1 aliphatic heterocycles. The number of amides is 3. The van der Waals surface area contributed by atoms with Crippen LogP contribution in [0.5, 0.6) is 0 Å². The number of carbonyl (C=O) groups is 2. The molecule has 1 aromatic carbocycles. The summed E-state index contributed by atoms with van der Waals surface area (Å²) in [5.41, 5.74) is 0.166. The molecule has 2 N–H and O–H groups in total. The minimum atomic E-state index is -0.478. The Morgan fingerprint density at radius 2 is 1.96 bits per heavy atom. The SMILES string of the molecule is CCNC(=O)N1CCN(CC(=O)Nc2ccc(Br)cc2F)CC1. The lowest BCUT2D eigenvalue weighted by Gasteiger charge is -2.34. The topological polar surface area (TPSA) is 64.7 Å². The van der Waals surface area contributed by atoms with E-state index in [1.807, 2.05) is 11.8 Å². The minimum absolute atomic E-state index is 0.0754. The molecule has 1 heterocycles. The highest BCUT2D eigenvalue weighted by atomic mass is 79.9. The molecular weight excluding hydrogens is 367 g/mol. The lowest BCUT2D eigenvalue weighted by atomic mass is 10.3. The average Bonchev–Trinajstić information content (AvgIpc) is 2.51. The predicted octanol–water partition coefficient (Wildman–Crippen LogP) is 1.87. The van der Waals surface area contributed by atoms with Crippen LogP contribution >= 0.6 is 15.9 Å². The zero-order valence-electron chi connectivity index (χ0n) is 12.9. The van der Waals surface area contributed by atoms with Crippen LogP contribution in [0.15, 0.2) is 22.7 Å². The van der Waals surface area contributed by atoms with Crippen LogP contribution in [0.2, 0.25) is 0 Å². The first-order valence-electron chi connectivity index (χ1n) is 7.49. The molecule has 0 unspecified atom stereocenters. The van der Waals surface area contributed by atoms with Crippen molar-refractivity contribution in [3.8, 4) is 0 Å². The third-order valence-corrected chi connectivity index (χ3v) is 4.05. The van der Waals surface area contributed by atoms with E-state index in [1.165, 1.54) is 12.1 Å². The molecule has 0 aromatic heterocycles. The molecule has 126 valence electrons. The van der Waals surface area contributed by atoms with Crippen LogP contribution in [0.3, 0.4) is 0 Å². The molecule has 1 aliphatic rings. The summed E-state index contributed by atoms with van der Waals surface area (Å²) in [6, 6.07) is 4.42. The number of piperazine rings is 1. The fourth-order valence-electron chi connectivity index (χ4n) is 2.36. The van der Waals surface area contributed by atoms with E-state index in [1.54, 1.807) is 11.0 Å². The molecule has 0 saturated carbocycles. The molecular formula is C15H20BrFN4O2. The van der Waals surface area contributed by atoms with E-state index in [0.717, 1.165) is 0 Å². The minimum Gasteiger partial charge on any atom is -0.338 e. The molecule has 1 aromatic rings. The Balaban J connectivity index is 1.79. The monoisotopic (exact) mass is 386 g/mol. The van der Waals surface area contributed by atoms with Gasteiger partial charge in [-0.15, -0.1) is 0 Å². The number of halogens is 2. The first kappa shape index (κ1) is 17.7. The molecule has 23 heavy (non-hydrogen) atoms. The van der Waals surface area contributed by atoms with E-state index in [-0.39, 0.29) is 24.2 Å². The van der Waals surface area contributed by atoms with Gasteiger partial charge < -0.3 is 15.5 Å². The summed E-state index contributed by atoms with van der Waals surface area (Å²) in [5.74, 6) is -0.744. The number of nitrogens with one attached hydrogen (secondary N) is 2. The highest BCUT2D eigenvalue weighted by Gasteiger charge is 2.22. The lowest BCUT2D eigenvalue weighted by Crippen LogP contribution is -2.53. The maximum absolute atomic E-state index is 13.7. The van der Waals surface area contributed by atoms with Gasteiger partial charge >= 0.3 is 6.03 Å². The van der Waals surface area contributed by atoms with Crippen molar-refractivity contribution in [2.75, 3.05) is 44.6 Å². The molecule has 3 amide bonds. The van der Waals surface area contributed by atoms with Crippen LogP contribution < -0.4 is 10.6 Å². The Labute approximate surface area is 143 Å². The van der Waals surface area contributed by atoms with Crippen LogP contribution in [0.1, 0.15) is 6.92 Å². The summed E-state index contributed by atoms with van der Waals surface area (Å²) < 4.78 is 14.3. The van der Waals surface area contributed by atoms with Crippen molar-refractivity contribution in [3.63, 3.8) is 0 Å². The summed E-state index contributed by atoms with van der Waals surface area (Å²) >= 11 is 3.17. The number of nitrogens with zero attached hydrogens (tertiary/aromatic N) is 2. The summed E-state index contributed by atoms with van der Waals surface area (Å²) in [6.07, 6.45) is 0. The number of urea groups is 1. The number of carbonyl (C=O) groups excluding carboxylic acids is 2. The van der Waals surface area contributed by atoms with Gasteiger partial charge in [0.25, 0.3) is 0 Å². The standard InChI is InChI=1S/C15H20BrFN4O2/c1-2-18-15(23)21-7-5-20(6-8-21)10-14(22)19-13-4-3-11(16)9-12(13)17/h3-4,9H,2,5-8,10H2,1H3,(H,18,23)(H,19,22). The van der Waals surface area contributed by atoms with Crippen LogP contribution in [0, 0.1) is 5.82 Å². The van der Waals surface area contributed by atoms with Gasteiger partial charge in [0.1, 0.15) is 5.82 Å². The second-order valence-electron chi connectivity index (χ2n) is 5.27. The molecule has 0 radical (unpaired) electrons. The second-order valence-corrected chi connectivity index (χ2v) is 6.19. The van der Waals surface area contributed by atoms with Gasteiger partial charge in [0.15, 0.2) is 0 Å². The van der Waals surface area contributed by atoms with Crippen molar-refractivity contribution in [3.05, 3.63) is 28.5 Å². The first-order chi connectivity index (χ1) is 11.0. The molecule has 0 aliphatic carbocycles. The van der Waals surface area contributed by atoms with Gasteiger partial charge in [-0.2, -0.15) is 0 Å². The first-order valence-corrected chi connectivity index (χ1v) is 8.29. The van der Waals surface area contributed by atoms with Crippen LogP contribution in [-0.4, -0.2) is 61.0 Å².